The molecule has 1 atom stereocenters. The fourth-order valence-electron chi connectivity index (χ4n) is 7.22. The molecule has 186 valence electrons. The van der Waals surface area contributed by atoms with Crippen LogP contribution in [0.4, 0.5) is 0 Å². The summed E-state index contributed by atoms with van der Waals surface area (Å²) in [5.41, 5.74) is 0.666. The number of aromatic nitrogens is 4. The molecule has 3 aromatic rings. The number of hydrogen-bond acceptors (Lipinski definition) is 6. The Bertz CT molecular complexity index is 1300. The predicted octanol–water partition coefficient (Wildman–Crippen LogP) is 3.65. The minimum absolute atomic E-state index is 0.0118. The number of thioether (sulfide) groups is 1. The summed E-state index contributed by atoms with van der Waals surface area (Å²) in [4.78, 5) is 26.6. The van der Waals surface area contributed by atoms with E-state index >= 15 is 0 Å². The summed E-state index contributed by atoms with van der Waals surface area (Å²) in [6.45, 7) is 2.99. The summed E-state index contributed by atoms with van der Waals surface area (Å²) in [6.07, 6.45) is 8.15. The number of rotatable bonds is 8. The van der Waals surface area contributed by atoms with Gasteiger partial charge < -0.3 is 10.1 Å². The van der Waals surface area contributed by atoms with Crippen molar-refractivity contribution in [2.75, 3.05) is 13.7 Å². The van der Waals surface area contributed by atoms with Gasteiger partial charge in [0, 0.05) is 25.8 Å². The minimum Gasteiger partial charge on any atom is -0.385 e. The van der Waals surface area contributed by atoms with E-state index in [4.69, 9.17) is 4.74 Å². The Morgan fingerprint density at radius 2 is 1.86 bits per heavy atom. The van der Waals surface area contributed by atoms with Crippen LogP contribution in [0.1, 0.15) is 51.9 Å². The quantitative estimate of drug-likeness (QED) is 0.379. The Labute approximate surface area is 208 Å². The molecule has 1 amide bonds. The molecule has 35 heavy (non-hydrogen) atoms. The molecule has 4 aliphatic carbocycles. The zero-order valence-electron chi connectivity index (χ0n) is 20.4. The molecule has 0 saturated heterocycles. The molecule has 4 saturated carbocycles. The number of carbonyl (C=O) groups is 1. The topological polar surface area (TPSA) is 90.5 Å². The van der Waals surface area contributed by atoms with Crippen molar-refractivity contribution in [3.8, 4) is 0 Å². The standard InChI is InChI=1S/C26H33N5O3S/c1-16(22(32)27-26-13-17-10-18(14-26)12-19(11-17)15-26)35-25-29-28-24-30(8-5-9-34-2)23(33)20-6-3-4-7-21(20)31(24)25/h3-4,6-7,16-19H,5,8-15H2,1-2H3,(H,27,32). The largest absolute Gasteiger partial charge is 0.385 e. The highest BCUT2D eigenvalue weighted by Crippen LogP contribution is 2.55. The average molecular weight is 496 g/mol. The Kier molecular flexibility index (Phi) is 5.87. The fourth-order valence-corrected chi connectivity index (χ4v) is 8.07. The second-order valence-electron chi connectivity index (χ2n) is 10.9. The van der Waals surface area contributed by atoms with Crippen molar-refractivity contribution in [2.24, 2.45) is 17.8 Å². The monoisotopic (exact) mass is 495 g/mol. The van der Waals surface area contributed by atoms with E-state index < -0.39 is 0 Å². The zero-order valence-corrected chi connectivity index (χ0v) is 21.2. The van der Waals surface area contributed by atoms with Crippen LogP contribution in [-0.4, -0.2) is 49.6 Å². The van der Waals surface area contributed by atoms with Gasteiger partial charge in [-0.1, -0.05) is 23.9 Å². The number of hydrogen-bond donors (Lipinski definition) is 1. The van der Waals surface area contributed by atoms with Gasteiger partial charge >= 0.3 is 0 Å². The van der Waals surface area contributed by atoms with E-state index in [0.29, 0.717) is 35.9 Å². The number of benzene rings is 1. The predicted molar refractivity (Wildman–Crippen MR) is 136 cm³/mol. The molecular weight excluding hydrogens is 462 g/mol. The van der Waals surface area contributed by atoms with Crippen molar-refractivity contribution in [1.82, 2.24) is 24.5 Å². The number of para-hydroxylation sites is 1. The highest BCUT2D eigenvalue weighted by atomic mass is 32.2. The number of methoxy groups -OCH3 is 1. The Hall–Kier alpha value is -2.39. The third kappa shape index (κ3) is 4.06. The molecular formula is C26H33N5O3S. The van der Waals surface area contributed by atoms with E-state index in [1.807, 2.05) is 35.6 Å². The van der Waals surface area contributed by atoms with Crippen LogP contribution in [0.25, 0.3) is 16.7 Å². The summed E-state index contributed by atoms with van der Waals surface area (Å²) in [6, 6.07) is 7.53. The molecule has 0 radical (unpaired) electrons. The van der Waals surface area contributed by atoms with Crippen LogP contribution in [0, 0.1) is 17.8 Å². The number of nitrogens with zero attached hydrogens (tertiary/aromatic N) is 4. The Balaban J connectivity index is 1.28. The van der Waals surface area contributed by atoms with Gasteiger partial charge in [0.25, 0.3) is 5.56 Å². The number of nitrogens with one attached hydrogen (secondary N) is 1. The van der Waals surface area contributed by atoms with Crippen LogP contribution in [-0.2, 0) is 16.1 Å². The molecule has 2 aromatic heterocycles. The van der Waals surface area contributed by atoms with E-state index in [0.717, 1.165) is 42.5 Å². The lowest BCUT2D eigenvalue weighted by atomic mass is 9.53. The number of carbonyl (C=O) groups excluding carboxylic acids is 1. The lowest BCUT2D eigenvalue weighted by molar-refractivity contribution is -0.126. The molecule has 4 fully saturated rings. The smallest absolute Gasteiger partial charge is 0.262 e. The second-order valence-corrected chi connectivity index (χ2v) is 12.2. The summed E-state index contributed by atoms with van der Waals surface area (Å²) in [5, 5.41) is 13.2. The number of aryl methyl sites for hydroxylation is 1. The van der Waals surface area contributed by atoms with Crippen LogP contribution in [0.2, 0.25) is 0 Å². The normalized spacial score (nSPS) is 28.1. The van der Waals surface area contributed by atoms with Crippen molar-refractivity contribution in [1.29, 1.82) is 0 Å². The molecule has 0 spiro atoms. The summed E-state index contributed by atoms with van der Waals surface area (Å²) in [5.74, 6) is 2.93. The van der Waals surface area contributed by atoms with Gasteiger partial charge in [-0.25, -0.2) is 0 Å². The first-order valence-electron chi connectivity index (χ1n) is 12.8. The lowest BCUT2D eigenvalue weighted by Gasteiger charge is -2.57. The fraction of sp³-hybridized carbons (Fsp3) is 0.615. The van der Waals surface area contributed by atoms with E-state index in [1.54, 1.807) is 11.7 Å². The summed E-state index contributed by atoms with van der Waals surface area (Å²) in [7, 11) is 1.65. The van der Waals surface area contributed by atoms with Crippen molar-refractivity contribution in [3.05, 3.63) is 34.6 Å². The van der Waals surface area contributed by atoms with Gasteiger partial charge in [0.2, 0.25) is 11.7 Å². The third-order valence-corrected chi connectivity index (χ3v) is 9.33. The average Bonchev–Trinajstić information content (AvgIpc) is 3.23. The molecule has 7 rings (SSSR count). The Morgan fingerprint density at radius 3 is 2.54 bits per heavy atom. The molecule has 1 unspecified atom stereocenters. The van der Waals surface area contributed by atoms with Gasteiger partial charge in [-0.15, -0.1) is 10.2 Å². The van der Waals surface area contributed by atoms with Crippen LogP contribution in [0.5, 0.6) is 0 Å². The number of amides is 1. The molecule has 4 bridgehead atoms. The van der Waals surface area contributed by atoms with Crippen molar-refractivity contribution in [2.45, 2.75) is 74.4 Å². The van der Waals surface area contributed by atoms with E-state index in [1.165, 1.54) is 31.0 Å². The lowest BCUT2D eigenvalue weighted by Crippen LogP contribution is -2.60. The maximum Gasteiger partial charge on any atom is 0.262 e. The van der Waals surface area contributed by atoms with Crippen LogP contribution >= 0.6 is 11.8 Å². The first-order valence-corrected chi connectivity index (χ1v) is 13.7. The SMILES string of the molecule is COCCCn1c(=O)c2ccccc2n2c(SC(C)C(=O)NC34CC5CC(CC(C5)C3)C4)nnc12. The van der Waals surface area contributed by atoms with Crippen LogP contribution in [0.15, 0.2) is 34.2 Å². The van der Waals surface area contributed by atoms with E-state index in [2.05, 4.69) is 15.5 Å². The molecule has 8 nitrogen and oxygen atoms in total. The van der Waals surface area contributed by atoms with Gasteiger partial charge in [0.1, 0.15) is 0 Å². The maximum atomic E-state index is 13.4. The van der Waals surface area contributed by atoms with E-state index in [9.17, 15) is 9.59 Å². The van der Waals surface area contributed by atoms with Crippen molar-refractivity contribution in [3.63, 3.8) is 0 Å². The summed E-state index contributed by atoms with van der Waals surface area (Å²) >= 11 is 1.41. The molecule has 9 heteroatoms. The molecule has 1 N–H and O–H groups in total. The first kappa shape index (κ1) is 23.0. The highest BCUT2D eigenvalue weighted by Gasteiger charge is 2.51. The molecule has 1 aromatic carbocycles. The number of ether oxygens (including phenoxy) is 1. The van der Waals surface area contributed by atoms with Gasteiger partial charge in [-0.2, -0.15) is 0 Å². The highest BCUT2D eigenvalue weighted by molar-refractivity contribution is 8.00. The third-order valence-electron chi connectivity index (χ3n) is 8.29. The van der Waals surface area contributed by atoms with Gasteiger partial charge in [-0.3, -0.25) is 18.6 Å². The number of fused-ring (bicyclic) bond motifs is 3. The first-order chi connectivity index (χ1) is 17.0. The Morgan fingerprint density at radius 1 is 1.17 bits per heavy atom. The maximum absolute atomic E-state index is 13.4. The van der Waals surface area contributed by atoms with E-state index in [-0.39, 0.29) is 22.3 Å². The molecule has 2 heterocycles. The van der Waals surface area contributed by atoms with Crippen LogP contribution in [0.3, 0.4) is 0 Å². The van der Waals surface area contributed by atoms with Gasteiger partial charge in [-0.05, 0) is 81.8 Å². The zero-order chi connectivity index (χ0) is 24.2. The van der Waals surface area contributed by atoms with Crippen molar-refractivity contribution < 1.29 is 9.53 Å². The van der Waals surface area contributed by atoms with Crippen molar-refractivity contribution >= 4 is 34.3 Å². The second kappa shape index (κ2) is 8.92. The van der Waals surface area contributed by atoms with Gasteiger partial charge in [0.05, 0.1) is 16.2 Å². The van der Waals surface area contributed by atoms with Crippen LogP contribution < -0.4 is 10.9 Å². The molecule has 4 aliphatic rings. The minimum atomic E-state index is -0.317. The molecule has 0 aliphatic heterocycles. The van der Waals surface area contributed by atoms with Gasteiger partial charge in [0.15, 0.2) is 5.16 Å². The summed E-state index contributed by atoms with van der Waals surface area (Å²) < 4.78 is 8.76.